The lowest BCUT2D eigenvalue weighted by Crippen LogP contribution is -2.46. The summed E-state index contributed by atoms with van der Waals surface area (Å²) in [5.41, 5.74) is 3.19. The van der Waals surface area contributed by atoms with E-state index >= 15 is 0 Å². The molecule has 2 aromatic carbocycles. The molecule has 0 bridgehead atoms. The van der Waals surface area contributed by atoms with Gasteiger partial charge in [0.2, 0.25) is 5.91 Å². The smallest absolute Gasteiger partial charge is 0.285 e. The Morgan fingerprint density at radius 1 is 1.03 bits per heavy atom. The number of carbonyl (C=O) groups excluding carboxylic acids is 1. The van der Waals surface area contributed by atoms with Crippen LogP contribution >= 0.6 is 0 Å². The molecule has 3 aliphatic rings. The van der Waals surface area contributed by atoms with Crippen LogP contribution in [0, 0.1) is 5.92 Å². The molecule has 0 spiro atoms. The van der Waals surface area contributed by atoms with Crippen molar-refractivity contribution in [2.24, 2.45) is 10.3 Å². The number of aryl methyl sites for hydroxylation is 1. The zero-order valence-corrected chi connectivity index (χ0v) is 17.6. The first-order valence-electron chi connectivity index (χ1n) is 10.6. The molecule has 1 aliphatic carbocycles. The Morgan fingerprint density at radius 3 is 2.73 bits per heavy atom. The monoisotopic (exact) mass is 423 g/mol. The SMILES string of the molecule is O=C(N[C@H]1CCCc2ccccc21)[C@@H]1CCCN(C2=NS(=O)(=O)c3ccccc32)C1. The number of nitrogens with one attached hydrogen (secondary N) is 1. The number of likely N-dealkylation sites (tertiary alicyclic amines) is 1. The number of fused-ring (bicyclic) bond motifs is 2. The third-order valence-electron chi connectivity index (χ3n) is 6.39. The molecule has 0 aromatic heterocycles. The predicted molar refractivity (Wildman–Crippen MR) is 115 cm³/mol. The van der Waals surface area contributed by atoms with Gasteiger partial charge in [-0.15, -0.1) is 4.40 Å². The molecule has 1 N–H and O–H groups in total. The van der Waals surface area contributed by atoms with E-state index in [1.165, 1.54) is 11.1 Å². The summed E-state index contributed by atoms with van der Waals surface area (Å²) in [7, 11) is -3.65. The second-order valence-corrected chi connectivity index (χ2v) is 9.90. The molecule has 5 rings (SSSR count). The minimum Gasteiger partial charge on any atom is -0.355 e. The van der Waals surface area contributed by atoms with Gasteiger partial charge >= 0.3 is 0 Å². The van der Waals surface area contributed by atoms with Gasteiger partial charge in [0.05, 0.1) is 12.0 Å². The number of amidine groups is 1. The van der Waals surface area contributed by atoms with Gasteiger partial charge in [-0.25, -0.2) is 0 Å². The summed E-state index contributed by atoms with van der Waals surface area (Å²) in [6.07, 6.45) is 4.73. The number of hydrogen-bond donors (Lipinski definition) is 1. The van der Waals surface area contributed by atoms with Crippen molar-refractivity contribution in [1.29, 1.82) is 0 Å². The molecule has 2 aromatic rings. The molecule has 1 amide bonds. The molecule has 30 heavy (non-hydrogen) atoms. The van der Waals surface area contributed by atoms with Crippen molar-refractivity contribution >= 4 is 21.8 Å². The summed E-state index contributed by atoms with van der Waals surface area (Å²) in [4.78, 5) is 15.3. The summed E-state index contributed by atoms with van der Waals surface area (Å²) in [6.45, 7) is 1.20. The fourth-order valence-corrected chi connectivity index (χ4v) is 6.12. The number of benzene rings is 2. The highest BCUT2D eigenvalue weighted by molar-refractivity contribution is 7.90. The van der Waals surface area contributed by atoms with E-state index < -0.39 is 10.0 Å². The fourth-order valence-electron chi connectivity index (χ4n) is 4.89. The molecule has 2 atom stereocenters. The number of sulfonamides is 1. The van der Waals surface area contributed by atoms with E-state index in [-0.39, 0.29) is 22.8 Å². The average molecular weight is 424 g/mol. The van der Waals surface area contributed by atoms with E-state index in [0.29, 0.717) is 24.5 Å². The summed E-state index contributed by atoms with van der Waals surface area (Å²) in [5, 5.41) is 3.27. The predicted octanol–water partition coefficient (Wildman–Crippen LogP) is 3.04. The molecule has 7 heteroatoms. The Balaban J connectivity index is 1.33. The quantitative estimate of drug-likeness (QED) is 0.805. The third kappa shape index (κ3) is 3.41. The van der Waals surface area contributed by atoms with Crippen molar-refractivity contribution in [2.75, 3.05) is 13.1 Å². The zero-order chi connectivity index (χ0) is 20.7. The highest BCUT2D eigenvalue weighted by atomic mass is 32.2. The van der Waals surface area contributed by atoms with Gasteiger partial charge in [-0.3, -0.25) is 4.79 Å². The summed E-state index contributed by atoms with van der Waals surface area (Å²) in [5.74, 6) is 0.355. The lowest BCUT2D eigenvalue weighted by atomic mass is 9.87. The molecular formula is C23H25N3O3S. The van der Waals surface area contributed by atoms with Crippen LogP contribution in [0.15, 0.2) is 57.8 Å². The van der Waals surface area contributed by atoms with Crippen LogP contribution in [0.25, 0.3) is 0 Å². The van der Waals surface area contributed by atoms with Crippen LogP contribution in [-0.4, -0.2) is 38.2 Å². The van der Waals surface area contributed by atoms with Crippen LogP contribution < -0.4 is 5.32 Å². The third-order valence-corrected chi connectivity index (χ3v) is 7.72. The molecule has 0 radical (unpaired) electrons. The molecule has 156 valence electrons. The lowest BCUT2D eigenvalue weighted by molar-refractivity contribution is -0.127. The van der Waals surface area contributed by atoms with E-state index in [4.69, 9.17) is 0 Å². The van der Waals surface area contributed by atoms with Gasteiger partial charge in [-0.05, 0) is 55.4 Å². The van der Waals surface area contributed by atoms with Crippen LogP contribution in [0.5, 0.6) is 0 Å². The summed E-state index contributed by atoms with van der Waals surface area (Å²) in [6, 6.07) is 15.3. The second kappa shape index (κ2) is 7.54. The Morgan fingerprint density at radius 2 is 1.83 bits per heavy atom. The average Bonchev–Trinajstić information content (AvgIpc) is 3.05. The van der Waals surface area contributed by atoms with Gasteiger partial charge in [0, 0.05) is 18.7 Å². The van der Waals surface area contributed by atoms with Gasteiger partial charge in [-0.2, -0.15) is 8.42 Å². The van der Waals surface area contributed by atoms with Crippen molar-refractivity contribution in [1.82, 2.24) is 10.2 Å². The number of carbonyl (C=O) groups is 1. The Labute approximate surface area is 177 Å². The van der Waals surface area contributed by atoms with E-state index in [2.05, 4.69) is 27.9 Å². The standard InChI is InChI=1S/C23H25N3O3S/c27-23(24-20-12-5-8-16-7-1-2-10-18(16)20)17-9-6-14-26(15-17)22-19-11-3-4-13-21(19)30(28,29)25-22/h1-4,7,10-11,13,17,20H,5-6,8-9,12,14-15H2,(H,24,27)/t17-,20+/m1/s1. The molecule has 6 nitrogen and oxygen atoms in total. The van der Waals surface area contributed by atoms with E-state index in [1.807, 2.05) is 17.0 Å². The van der Waals surface area contributed by atoms with Gasteiger partial charge in [0.15, 0.2) is 5.84 Å². The molecule has 2 heterocycles. The Hall–Kier alpha value is -2.67. The molecule has 1 saturated heterocycles. The maximum atomic E-state index is 13.1. The van der Waals surface area contributed by atoms with E-state index in [1.54, 1.807) is 18.2 Å². The van der Waals surface area contributed by atoms with Crippen LogP contribution in [0.4, 0.5) is 0 Å². The Kier molecular flexibility index (Phi) is 4.85. The van der Waals surface area contributed by atoms with Gasteiger partial charge < -0.3 is 10.2 Å². The zero-order valence-electron chi connectivity index (χ0n) is 16.8. The largest absolute Gasteiger partial charge is 0.355 e. The van der Waals surface area contributed by atoms with Crippen molar-refractivity contribution < 1.29 is 13.2 Å². The minimum absolute atomic E-state index is 0.0520. The van der Waals surface area contributed by atoms with Gasteiger partial charge in [0.25, 0.3) is 10.0 Å². The molecule has 0 unspecified atom stereocenters. The first-order valence-corrected chi connectivity index (χ1v) is 12.0. The first-order chi connectivity index (χ1) is 14.5. The normalized spacial score (nSPS) is 24.5. The van der Waals surface area contributed by atoms with Gasteiger partial charge in [-0.1, -0.05) is 36.4 Å². The number of rotatable bonds is 2. The Bertz CT molecular complexity index is 1130. The number of hydrogen-bond acceptors (Lipinski definition) is 4. The molecule has 0 saturated carbocycles. The molecule has 1 fully saturated rings. The van der Waals surface area contributed by atoms with Crippen LogP contribution in [0.3, 0.4) is 0 Å². The van der Waals surface area contributed by atoms with Crippen molar-refractivity contribution in [3.8, 4) is 0 Å². The highest BCUT2D eigenvalue weighted by Gasteiger charge is 2.35. The van der Waals surface area contributed by atoms with E-state index in [0.717, 1.165) is 32.1 Å². The lowest BCUT2D eigenvalue weighted by Gasteiger charge is -2.35. The van der Waals surface area contributed by atoms with Crippen molar-refractivity contribution in [3.05, 3.63) is 65.2 Å². The van der Waals surface area contributed by atoms with Crippen molar-refractivity contribution in [2.45, 2.75) is 43.0 Å². The number of piperidine rings is 1. The van der Waals surface area contributed by atoms with Crippen molar-refractivity contribution in [3.63, 3.8) is 0 Å². The van der Waals surface area contributed by atoms with Gasteiger partial charge in [0.1, 0.15) is 4.90 Å². The molecular weight excluding hydrogens is 398 g/mol. The summed E-state index contributed by atoms with van der Waals surface area (Å²) >= 11 is 0. The fraction of sp³-hybridized carbons (Fsp3) is 0.391. The van der Waals surface area contributed by atoms with Crippen LogP contribution in [0.1, 0.15) is 48.4 Å². The second-order valence-electron chi connectivity index (χ2n) is 8.32. The molecule has 2 aliphatic heterocycles. The summed E-state index contributed by atoms with van der Waals surface area (Å²) < 4.78 is 28.8. The maximum absolute atomic E-state index is 13.1. The highest BCUT2D eigenvalue weighted by Crippen LogP contribution is 2.32. The first kappa shape index (κ1) is 19.3. The minimum atomic E-state index is -3.65. The number of nitrogens with zero attached hydrogens (tertiary/aromatic N) is 2. The number of amides is 1. The topological polar surface area (TPSA) is 78.8 Å². The van der Waals surface area contributed by atoms with E-state index in [9.17, 15) is 13.2 Å². The van der Waals surface area contributed by atoms with Crippen LogP contribution in [-0.2, 0) is 21.2 Å². The maximum Gasteiger partial charge on any atom is 0.285 e. The van der Waals surface area contributed by atoms with Crippen LogP contribution in [0.2, 0.25) is 0 Å².